The predicted molar refractivity (Wildman–Crippen MR) is 107 cm³/mol. The van der Waals surface area contributed by atoms with Gasteiger partial charge in [0, 0.05) is 23.8 Å². The Morgan fingerprint density at radius 3 is 2.77 bits per heavy atom. The molecule has 160 valence electrons. The summed E-state index contributed by atoms with van der Waals surface area (Å²) >= 11 is 0. The first-order chi connectivity index (χ1) is 14.8. The van der Waals surface area contributed by atoms with Crippen molar-refractivity contribution in [1.82, 2.24) is 19.9 Å². The molecule has 1 fully saturated rings. The van der Waals surface area contributed by atoms with E-state index in [-0.39, 0.29) is 25.2 Å². The van der Waals surface area contributed by atoms with Crippen molar-refractivity contribution in [3.8, 4) is 6.07 Å². The Morgan fingerprint density at radius 2 is 2.13 bits per heavy atom. The average Bonchev–Trinajstić information content (AvgIpc) is 3.32. The molecule has 6 nitrogen and oxygen atoms in total. The average molecular weight is 430 g/mol. The number of aromatic nitrogens is 3. The zero-order valence-corrected chi connectivity index (χ0v) is 16.2. The smallest absolute Gasteiger partial charge is 0.383 e. The van der Waals surface area contributed by atoms with Crippen molar-refractivity contribution in [2.45, 2.75) is 44.2 Å². The molecule has 4 rings (SSSR count). The Morgan fingerprint density at radius 1 is 1.32 bits per heavy atom. The second-order valence-corrected chi connectivity index (χ2v) is 7.42. The van der Waals surface area contributed by atoms with Crippen molar-refractivity contribution in [2.75, 3.05) is 0 Å². The monoisotopic (exact) mass is 430 g/mol. The fraction of sp³-hybridized carbons (Fsp3) is 0.333. The van der Waals surface area contributed by atoms with Crippen molar-refractivity contribution >= 4 is 28.2 Å². The maximum Gasteiger partial charge on any atom is 0.419 e. The van der Waals surface area contributed by atoms with E-state index in [0.717, 1.165) is 6.20 Å². The van der Waals surface area contributed by atoms with Crippen molar-refractivity contribution in [1.29, 1.82) is 10.7 Å². The van der Waals surface area contributed by atoms with Crippen molar-refractivity contribution < 1.29 is 17.6 Å². The van der Waals surface area contributed by atoms with E-state index >= 15 is 0 Å². The van der Waals surface area contributed by atoms with E-state index in [9.17, 15) is 22.8 Å². The highest BCUT2D eigenvalue weighted by Gasteiger charge is 2.32. The molecule has 3 aromatic rings. The SMILES string of the molecule is N#Cc1ccc2ncc3nc(CN/C=C(\C=N)C(F)(F)F)n(C4CCC(F)C4)c3c2c1. The van der Waals surface area contributed by atoms with Crippen molar-refractivity contribution in [3.05, 3.63) is 47.6 Å². The van der Waals surface area contributed by atoms with Gasteiger partial charge in [-0.25, -0.2) is 9.37 Å². The van der Waals surface area contributed by atoms with Crippen LogP contribution in [0, 0.1) is 16.7 Å². The van der Waals surface area contributed by atoms with Crippen LogP contribution in [0.1, 0.15) is 36.7 Å². The summed E-state index contributed by atoms with van der Waals surface area (Å²) in [6.45, 7) is -0.0466. The summed E-state index contributed by atoms with van der Waals surface area (Å²) in [6.07, 6.45) is -1.81. The van der Waals surface area contributed by atoms with Gasteiger partial charge < -0.3 is 15.3 Å². The molecular weight excluding hydrogens is 412 g/mol. The number of alkyl halides is 4. The Hall–Kier alpha value is -3.48. The summed E-state index contributed by atoms with van der Waals surface area (Å²) in [7, 11) is 0. The number of allylic oxidation sites excluding steroid dienone is 1. The number of hydrogen-bond acceptors (Lipinski definition) is 5. The van der Waals surface area contributed by atoms with Crippen LogP contribution >= 0.6 is 0 Å². The Kier molecular flexibility index (Phi) is 5.35. The molecule has 31 heavy (non-hydrogen) atoms. The van der Waals surface area contributed by atoms with Crippen LogP contribution in [-0.4, -0.2) is 33.1 Å². The maximum absolute atomic E-state index is 14.0. The predicted octanol–water partition coefficient (Wildman–Crippen LogP) is 4.70. The lowest BCUT2D eigenvalue weighted by atomic mass is 10.1. The van der Waals surface area contributed by atoms with Gasteiger partial charge in [-0.3, -0.25) is 4.98 Å². The fourth-order valence-electron chi connectivity index (χ4n) is 4.01. The number of fused-ring (bicyclic) bond motifs is 3. The third kappa shape index (κ3) is 3.95. The largest absolute Gasteiger partial charge is 0.419 e. The van der Waals surface area contributed by atoms with E-state index in [1.165, 1.54) is 0 Å². The molecular formula is C21H18F4N6. The maximum atomic E-state index is 14.0. The van der Waals surface area contributed by atoms with E-state index in [1.807, 2.05) is 4.57 Å². The quantitative estimate of drug-likeness (QED) is 0.453. The van der Waals surface area contributed by atoms with Crippen LogP contribution in [0.2, 0.25) is 0 Å². The number of benzene rings is 1. The number of pyridine rings is 1. The van der Waals surface area contributed by atoms with E-state index in [1.54, 1.807) is 24.4 Å². The van der Waals surface area contributed by atoms with Crippen LogP contribution in [-0.2, 0) is 6.54 Å². The van der Waals surface area contributed by atoms with E-state index in [2.05, 4.69) is 21.4 Å². The second-order valence-electron chi connectivity index (χ2n) is 7.42. The molecule has 10 heteroatoms. The number of hydrogen-bond donors (Lipinski definition) is 2. The zero-order chi connectivity index (χ0) is 22.2. The van der Waals surface area contributed by atoms with E-state index < -0.39 is 17.9 Å². The third-order valence-electron chi connectivity index (χ3n) is 5.42. The summed E-state index contributed by atoms with van der Waals surface area (Å²) in [5, 5.41) is 19.5. The number of rotatable bonds is 5. The highest BCUT2D eigenvalue weighted by molar-refractivity contribution is 6.02. The van der Waals surface area contributed by atoms with Gasteiger partial charge in [0.25, 0.3) is 0 Å². The van der Waals surface area contributed by atoms with Gasteiger partial charge >= 0.3 is 6.18 Å². The second kappa shape index (κ2) is 7.98. The number of nitriles is 1. The molecule has 1 aromatic carbocycles. The standard InChI is InChI=1S/C21H18F4N6/c22-14-2-3-15(6-14)31-19(11-28-9-13(8-27)21(23,24)25)30-18-10-29-17-4-1-12(7-26)5-16(17)20(18)31/h1,4-5,8-10,14-15,27-28H,2-3,6,11H2/b13-9+,27-8?. The highest BCUT2D eigenvalue weighted by atomic mass is 19.4. The van der Waals surface area contributed by atoms with Crippen LogP contribution in [0.5, 0.6) is 0 Å². The van der Waals surface area contributed by atoms with Crippen LogP contribution in [0.3, 0.4) is 0 Å². The van der Waals surface area contributed by atoms with Gasteiger partial charge in [0.05, 0.1) is 41.0 Å². The number of imidazole rings is 1. The first-order valence-corrected chi connectivity index (χ1v) is 9.66. The molecule has 0 bridgehead atoms. The lowest BCUT2D eigenvalue weighted by molar-refractivity contribution is -0.0860. The molecule has 0 radical (unpaired) electrons. The summed E-state index contributed by atoms with van der Waals surface area (Å²) in [5.41, 5.74) is 1.17. The van der Waals surface area contributed by atoms with Gasteiger partial charge in [0.1, 0.15) is 17.5 Å². The van der Waals surface area contributed by atoms with E-state index in [4.69, 9.17) is 5.41 Å². The number of nitrogens with zero attached hydrogens (tertiary/aromatic N) is 4. The van der Waals surface area contributed by atoms with Crippen LogP contribution in [0.15, 0.2) is 36.2 Å². The molecule has 1 aliphatic rings. The molecule has 0 amide bonds. The molecule has 0 spiro atoms. The molecule has 2 aromatic heterocycles. The minimum absolute atomic E-state index is 0.0466. The van der Waals surface area contributed by atoms with E-state index in [0.29, 0.717) is 46.2 Å². The van der Waals surface area contributed by atoms with Crippen molar-refractivity contribution in [2.24, 2.45) is 0 Å². The highest BCUT2D eigenvalue weighted by Crippen LogP contribution is 2.37. The van der Waals surface area contributed by atoms with Crippen molar-refractivity contribution in [3.63, 3.8) is 0 Å². The molecule has 2 N–H and O–H groups in total. The Labute approximate surface area is 174 Å². The Bertz CT molecular complexity index is 1220. The lowest BCUT2D eigenvalue weighted by Gasteiger charge is -2.17. The topological polar surface area (TPSA) is 90.4 Å². The summed E-state index contributed by atoms with van der Waals surface area (Å²) in [5.74, 6) is 0.438. The first-order valence-electron chi connectivity index (χ1n) is 9.66. The molecule has 1 saturated carbocycles. The molecule has 2 unspecified atom stereocenters. The Balaban J connectivity index is 1.83. The van der Waals surface area contributed by atoms with Gasteiger partial charge in [-0.2, -0.15) is 18.4 Å². The van der Waals surface area contributed by atoms with Gasteiger partial charge in [-0.05, 0) is 37.5 Å². The van der Waals surface area contributed by atoms with Crippen LogP contribution in [0.25, 0.3) is 21.9 Å². The molecule has 0 saturated heterocycles. The number of nitrogens with one attached hydrogen (secondary N) is 2. The number of halogens is 4. The minimum atomic E-state index is -4.64. The first kappa shape index (κ1) is 20.8. The lowest BCUT2D eigenvalue weighted by Crippen LogP contribution is -2.19. The fourth-order valence-corrected chi connectivity index (χ4v) is 4.01. The van der Waals surface area contributed by atoms with Gasteiger partial charge in [0.2, 0.25) is 0 Å². The van der Waals surface area contributed by atoms with Crippen LogP contribution in [0.4, 0.5) is 17.6 Å². The van der Waals surface area contributed by atoms with Gasteiger partial charge in [-0.15, -0.1) is 0 Å². The summed E-state index contributed by atoms with van der Waals surface area (Å²) < 4.78 is 54.5. The van der Waals surface area contributed by atoms with Crippen LogP contribution < -0.4 is 5.32 Å². The normalized spacial score (nSPS) is 19.6. The summed E-state index contributed by atoms with van der Waals surface area (Å²) in [4.78, 5) is 8.90. The molecule has 0 aliphatic heterocycles. The van der Waals surface area contributed by atoms with Gasteiger partial charge in [0.15, 0.2) is 0 Å². The zero-order valence-electron chi connectivity index (χ0n) is 16.2. The third-order valence-corrected chi connectivity index (χ3v) is 5.42. The summed E-state index contributed by atoms with van der Waals surface area (Å²) in [6, 6.07) is 6.95. The minimum Gasteiger partial charge on any atom is -0.383 e. The molecule has 2 heterocycles. The molecule has 1 aliphatic carbocycles. The van der Waals surface area contributed by atoms with Gasteiger partial charge in [-0.1, -0.05) is 0 Å². The molecule has 2 atom stereocenters.